The minimum atomic E-state index is -0.812. The molecule has 2 aliphatic rings. The molecule has 0 unspecified atom stereocenters. The maximum absolute atomic E-state index is 16.8. The van der Waals surface area contributed by atoms with Crippen molar-refractivity contribution < 1.29 is 28.2 Å². The van der Waals surface area contributed by atoms with Crippen LogP contribution in [-0.2, 0) is 22.7 Å². The molecule has 0 saturated carbocycles. The molecule has 14 heteroatoms. The monoisotopic (exact) mass is 623 g/mol. The van der Waals surface area contributed by atoms with E-state index in [0.29, 0.717) is 35.6 Å². The minimum Gasteiger partial charge on any atom is -0.444 e. The van der Waals surface area contributed by atoms with E-state index in [1.165, 1.54) is 0 Å². The summed E-state index contributed by atoms with van der Waals surface area (Å²) >= 11 is 0.845. The number of nitriles is 1. The predicted octanol–water partition coefficient (Wildman–Crippen LogP) is 4.79. The average Bonchev–Trinajstić information content (AvgIpc) is 3.70. The van der Waals surface area contributed by atoms with E-state index in [0.717, 1.165) is 17.5 Å². The quantitative estimate of drug-likeness (QED) is 0.319. The molecule has 0 aliphatic carbocycles. The van der Waals surface area contributed by atoms with Crippen LogP contribution in [-0.4, -0.2) is 76.5 Å². The van der Waals surface area contributed by atoms with Gasteiger partial charge in [0, 0.05) is 54.2 Å². The Bertz CT molecular complexity index is 1850. The number of halogens is 2. The van der Waals surface area contributed by atoms with Crippen LogP contribution in [0.1, 0.15) is 37.5 Å². The number of aliphatic hydroxyl groups is 1. The molecular formula is C30H31F2N7O4S. The van der Waals surface area contributed by atoms with Crippen molar-refractivity contribution in [3.8, 4) is 17.3 Å². The zero-order valence-corrected chi connectivity index (χ0v) is 25.7. The van der Waals surface area contributed by atoms with Crippen LogP contribution in [0, 0.1) is 28.9 Å². The van der Waals surface area contributed by atoms with Gasteiger partial charge >= 0.3 is 6.09 Å². The Morgan fingerprint density at radius 2 is 2.00 bits per heavy atom. The lowest BCUT2D eigenvalue weighted by molar-refractivity contribution is 0.0636. The number of fused-ring (bicyclic) bond motifs is 4. The Hall–Kier alpha value is -4.03. The first-order chi connectivity index (χ1) is 20.9. The summed E-state index contributed by atoms with van der Waals surface area (Å²) in [5, 5.41) is 23.2. The van der Waals surface area contributed by atoms with Crippen molar-refractivity contribution in [2.75, 3.05) is 44.0 Å². The van der Waals surface area contributed by atoms with Gasteiger partial charge in [-0.25, -0.2) is 23.5 Å². The number of carbonyl (C=O) groups is 1. The van der Waals surface area contributed by atoms with Crippen molar-refractivity contribution in [3.63, 3.8) is 0 Å². The number of hydrogen-bond acceptors (Lipinski definition) is 11. The molecular weight excluding hydrogens is 592 g/mol. The van der Waals surface area contributed by atoms with Gasteiger partial charge in [-0.15, -0.1) is 11.3 Å². The van der Waals surface area contributed by atoms with Crippen molar-refractivity contribution >= 4 is 49.4 Å². The fourth-order valence-electron chi connectivity index (χ4n) is 5.94. The van der Waals surface area contributed by atoms with Gasteiger partial charge < -0.3 is 24.4 Å². The molecule has 1 amide bonds. The Morgan fingerprint density at radius 3 is 2.66 bits per heavy atom. The van der Waals surface area contributed by atoms with Gasteiger partial charge in [0.1, 0.15) is 22.2 Å². The number of aromatic nitrogens is 3. The van der Waals surface area contributed by atoms with Gasteiger partial charge in [0.05, 0.1) is 35.4 Å². The number of aliphatic hydroxyl groups excluding tert-OH is 1. The largest absolute Gasteiger partial charge is 0.444 e. The maximum atomic E-state index is 16.8. The van der Waals surface area contributed by atoms with Crippen LogP contribution in [0.4, 0.5) is 24.5 Å². The first kappa shape index (κ1) is 30.0. The molecule has 5 heterocycles. The summed E-state index contributed by atoms with van der Waals surface area (Å²) in [6.45, 7) is 6.39. The van der Waals surface area contributed by atoms with Gasteiger partial charge in [-0.2, -0.15) is 5.26 Å². The van der Waals surface area contributed by atoms with Crippen molar-refractivity contribution in [3.05, 3.63) is 40.7 Å². The number of pyridine rings is 1. The second-order valence-corrected chi connectivity index (χ2v) is 13.2. The summed E-state index contributed by atoms with van der Waals surface area (Å²) in [6.07, 6.45) is 1.74. The molecule has 6 rings (SSSR count). The molecule has 0 spiro atoms. The van der Waals surface area contributed by atoms with Crippen LogP contribution in [0.5, 0.6) is 0 Å². The highest BCUT2D eigenvalue weighted by Gasteiger charge is 2.36. The number of amides is 1. The highest BCUT2D eigenvalue weighted by atomic mass is 32.1. The van der Waals surface area contributed by atoms with Gasteiger partial charge in [0.25, 0.3) is 0 Å². The normalized spacial score (nSPS) is 18.3. The summed E-state index contributed by atoms with van der Waals surface area (Å²) in [7, 11) is 3.89. The van der Waals surface area contributed by atoms with Crippen molar-refractivity contribution in [1.29, 1.82) is 5.26 Å². The Balaban J connectivity index is 1.52. The molecule has 2 N–H and O–H groups in total. The van der Waals surface area contributed by atoms with Crippen LogP contribution >= 0.6 is 11.3 Å². The fourth-order valence-corrected chi connectivity index (χ4v) is 6.97. The van der Waals surface area contributed by atoms with E-state index < -0.39 is 23.3 Å². The minimum absolute atomic E-state index is 0.00480. The topological polar surface area (TPSA) is 137 Å². The molecule has 2 aliphatic heterocycles. The van der Waals surface area contributed by atoms with E-state index in [9.17, 15) is 15.2 Å². The van der Waals surface area contributed by atoms with Crippen LogP contribution in [0.3, 0.4) is 0 Å². The number of thiophene rings is 1. The molecule has 0 bridgehead atoms. The zero-order chi connectivity index (χ0) is 31.5. The van der Waals surface area contributed by atoms with E-state index in [2.05, 4.69) is 20.3 Å². The first-order valence-corrected chi connectivity index (χ1v) is 14.8. The third-order valence-electron chi connectivity index (χ3n) is 7.91. The second-order valence-electron chi connectivity index (χ2n) is 12.2. The van der Waals surface area contributed by atoms with E-state index in [1.807, 2.05) is 30.0 Å². The fraction of sp³-hybridized carbons (Fsp3) is 0.433. The van der Waals surface area contributed by atoms with E-state index in [-0.39, 0.29) is 69.2 Å². The Labute approximate surface area is 256 Å². The molecule has 4 aromatic rings. The highest BCUT2D eigenvalue weighted by molar-refractivity contribution is 7.23. The average molecular weight is 624 g/mol. The summed E-state index contributed by atoms with van der Waals surface area (Å²) in [6, 6.07) is 2.11. The van der Waals surface area contributed by atoms with Crippen molar-refractivity contribution in [1.82, 2.24) is 19.9 Å². The van der Waals surface area contributed by atoms with Crippen molar-refractivity contribution in [2.24, 2.45) is 5.92 Å². The SMILES string of the molecule is CN(C)[C@@H]1CN(c2ncc3c4c(c(-c5ncc(F)c6sc(NC(=O)OC(C)(C)C)c(C#N)c56)c(F)c3n2)COC4)C[C@@H]1CO. The van der Waals surface area contributed by atoms with Gasteiger partial charge in [-0.05, 0) is 46.0 Å². The number of rotatable bonds is 5. The summed E-state index contributed by atoms with van der Waals surface area (Å²) in [4.78, 5) is 30.0. The summed E-state index contributed by atoms with van der Waals surface area (Å²) in [5.74, 6) is -1.13. The lowest BCUT2D eigenvalue weighted by Gasteiger charge is -2.23. The number of nitrogens with one attached hydrogen (secondary N) is 1. The molecule has 11 nitrogen and oxygen atoms in total. The van der Waals surface area contributed by atoms with Crippen LogP contribution in [0.15, 0.2) is 12.4 Å². The molecule has 0 radical (unpaired) electrons. The van der Waals surface area contributed by atoms with Crippen molar-refractivity contribution in [2.45, 2.75) is 45.6 Å². The Morgan fingerprint density at radius 1 is 1.25 bits per heavy atom. The molecule has 1 saturated heterocycles. The molecule has 44 heavy (non-hydrogen) atoms. The molecule has 1 aromatic carbocycles. The molecule has 1 fully saturated rings. The van der Waals surface area contributed by atoms with E-state index in [1.54, 1.807) is 27.0 Å². The smallest absolute Gasteiger partial charge is 0.412 e. The summed E-state index contributed by atoms with van der Waals surface area (Å²) in [5.41, 5.74) is 0.475. The van der Waals surface area contributed by atoms with Crippen LogP contribution in [0.25, 0.3) is 32.2 Å². The van der Waals surface area contributed by atoms with Crippen LogP contribution < -0.4 is 10.2 Å². The lowest BCUT2D eigenvalue weighted by Crippen LogP contribution is -2.36. The standard InChI is InChI=1S/C30H31F2N7O4S/c1-30(2,3)43-29(41)37-27-15(6-33)22-25(34-8-19(31)26(22)44-27)21-18-13-42-12-17(18)16-7-35-28(36-24(16)23(21)32)39-9-14(11-40)20(10-39)38(4)5/h7-8,14,20,40H,9-13H2,1-5H3,(H,37,41)/t14-,20-/m1/s1. The lowest BCUT2D eigenvalue weighted by atomic mass is 9.94. The third kappa shape index (κ3) is 5.09. The maximum Gasteiger partial charge on any atom is 0.412 e. The van der Waals surface area contributed by atoms with Gasteiger partial charge in [-0.1, -0.05) is 0 Å². The number of likely N-dealkylation sites (N-methyl/N-ethyl adjacent to an activating group) is 1. The number of nitrogens with zero attached hydrogens (tertiary/aromatic N) is 6. The van der Waals surface area contributed by atoms with Gasteiger partial charge in [0.15, 0.2) is 11.6 Å². The van der Waals surface area contributed by atoms with E-state index in [4.69, 9.17) is 9.47 Å². The number of hydrogen-bond donors (Lipinski definition) is 2. The highest BCUT2D eigenvalue weighted by Crippen LogP contribution is 2.46. The number of anilines is 2. The zero-order valence-electron chi connectivity index (χ0n) is 24.9. The number of benzene rings is 1. The Kier molecular flexibility index (Phi) is 7.61. The first-order valence-electron chi connectivity index (χ1n) is 14.0. The summed E-state index contributed by atoms with van der Waals surface area (Å²) < 4.78 is 43.0. The van der Waals surface area contributed by atoms with Gasteiger partial charge in [0.2, 0.25) is 5.95 Å². The molecule has 3 aromatic heterocycles. The molecule has 230 valence electrons. The third-order valence-corrected chi connectivity index (χ3v) is 9.02. The van der Waals surface area contributed by atoms with E-state index >= 15 is 8.78 Å². The predicted molar refractivity (Wildman–Crippen MR) is 161 cm³/mol. The second kappa shape index (κ2) is 11.2. The number of ether oxygens (including phenoxy) is 2. The number of carbonyl (C=O) groups excluding carboxylic acids is 1. The van der Waals surface area contributed by atoms with Crippen LogP contribution in [0.2, 0.25) is 0 Å². The molecule has 2 atom stereocenters. The van der Waals surface area contributed by atoms with Gasteiger partial charge in [-0.3, -0.25) is 10.3 Å².